The summed E-state index contributed by atoms with van der Waals surface area (Å²) in [4.78, 5) is 27.0. The van der Waals surface area contributed by atoms with Crippen molar-refractivity contribution in [2.24, 2.45) is 0 Å². The minimum absolute atomic E-state index is 0.131. The molecule has 0 spiro atoms. The number of hydrogen-bond acceptors (Lipinski definition) is 4. The number of anilines is 2. The minimum Gasteiger partial charge on any atom is -0.325 e. The predicted octanol–water partition coefficient (Wildman–Crippen LogP) is 3.83. The number of nitrogens with zero attached hydrogens (tertiary/aromatic N) is 1. The molecule has 1 aliphatic heterocycles. The van der Waals surface area contributed by atoms with Crippen LogP contribution in [0.5, 0.6) is 0 Å². The Balaban J connectivity index is 1.45. The van der Waals surface area contributed by atoms with Crippen LogP contribution in [0.4, 0.5) is 15.8 Å². The Hall–Kier alpha value is -3.52. The van der Waals surface area contributed by atoms with E-state index in [1.807, 2.05) is 24.3 Å². The van der Waals surface area contributed by atoms with E-state index in [4.69, 9.17) is 0 Å². The predicted molar refractivity (Wildman–Crippen MR) is 120 cm³/mol. The quantitative estimate of drug-likeness (QED) is 0.597. The highest BCUT2D eigenvalue weighted by molar-refractivity contribution is 7.92. The van der Waals surface area contributed by atoms with E-state index in [2.05, 4.69) is 5.32 Å². The molecule has 32 heavy (non-hydrogen) atoms. The van der Waals surface area contributed by atoms with Crippen molar-refractivity contribution >= 4 is 33.0 Å². The van der Waals surface area contributed by atoms with Gasteiger partial charge in [0.1, 0.15) is 11.1 Å². The zero-order chi connectivity index (χ0) is 22.9. The zero-order valence-electron chi connectivity index (χ0n) is 17.3. The van der Waals surface area contributed by atoms with Crippen molar-refractivity contribution < 1.29 is 22.4 Å². The van der Waals surface area contributed by atoms with E-state index < -0.39 is 26.8 Å². The fraction of sp³-hybridized carbons (Fsp3) is 0.167. The molecule has 0 radical (unpaired) electrons. The second-order valence-corrected chi connectivity index (χ2v) is 9.81. The lowest BCUT2D eigenvalue weighted by Crippen LogP contribution is -2.32. The van der Waals surface area contributed by atoms with Crippen LogP contribution in [0.1, 0.15) is 22.8 Å². The Morgan fingerprint density at radius 3 is 2.31 bits per heavy atom. The van der Waals surface area contributed by atoms with Crippen molar-refractivity contribution in [1.82, 2.24) is 0 Å². The topological polar surface area (TPSA) is 83.6 Å². The number of hydrogen-bond donors (Lipinski definition) is 1. The van der Waals surface area contributed by atoms with Crippen molar-refractivity contribution in [3.05, 3.63) is 89.7 Å². The van der Waals surface area contributed by atoms with Crippen molar-refractivity contribution in [2.75, 3.05) is 16.8 Å². The van der Waals surface area contributed by atoms with Crippen molar-refractivity contribution in [3.63, 3.8) is 0 Å². The highest BCUT2D eigenvalue weighted by Crippen LogP contribution is 2.29. The van der Waals surface area contributed by atoms with Crippen LogP contribution in [0.25, 0.3) is 0 Å². The molecule has 1 unspecified atom stereocenters. The average Bonchev–Trinajstić information content (AvgIpc) is 3.23. The maximum absolute atomic E-state index is 13.1. The highest BCUT2D eigenvalue weighted by Gasteiger charge is 2.30. The first-order chi connectivity index (χ1) is 15.3. The van der Waals surface area contributed by atoms with E-state index in [1.54, 1.807) is 29.2 Å². The van der Waals surface area contributed by atoms with Crippen LogP contribution in [-0.2, 0) is 21.1 Å². The maximum Gasteiger partial charge on any atom is 0.258 e. The van der Waals surface area contributed by atoms with E-state index in [9.17, 15) is 22.4 Å². The lowest BCUT2D eigenvalue weighted by molar-refractivity contribution is -0.115. The van der Waals surface area contributed by atoms with E-state index in [0.29, 0.717) is 17.8 Å². The van der Waals surface area contributed by atoms with E-state index >= 15 is 0 Å². The number of halogens is 1. The Kier molecular flexibility index (Phi) is 5.80. The Bertz CT molecular complexity index is 1270. The third-order valence-corrected chi connectivity index (χ3v) is 7.58. The molecule has 6 nitrogen and oxygen atoms in total. The van der Waals surface area contributed by atoms with Crippen molar-refractivity contribution in [3.8, 4) is 0 Å². The van der Waals surface area contributed by atoms with E-state index in [-0.39, 0.29) is 10.8 Å². The summed E-state index contributed by atoms with van der Waals surface area (Å²) in [6, 6.07) is 18.4. The number of carbonyl (C=O) groups excluding carboxylic acids is 2. The number of benzene rings is 3. The SMILES string of the molecule is CC(C(=O)Nc1ccc(C(=O)N2CCc3ccccc32)cc1)S(=O)(=O)c1ccc(F)cc1. The molecule has 164 valence electrons. The maximum atomic E-state index is 13.1. The molecule has 0 saturated heterocycles. The van der Waals surface area contributed by atoms with Crippen molar-refractivity contribution in [1.29, 1.82) is 0 Å². The summed E-state index contributed by atoms with van der Waals surface area (Å²) >= 11 is 0. The lowest BCUT2D eigenvalue weighted by atomic mass is 10.1. The molecular weight excluding hydrogens is 431 g/mol. The molecule has 8 heteroatoms. The van der Waals surface area contributed by atoms with Crippen LogP contribution in [0, 0.1) is 5.82 Å². The van der Waals surface area contributed by atoms with Crippen LogP contribution in [-0.4, -0.2) is 32.0 Å². The van der Waals surface area contributed by atoms with Gasteiger partial charge in [0.05, 0.1) is 4.90 Å². The molecular formula is C24H21FN2O4S. The van der Waals surface area contributed by atoms with E-state index in [1.165, 1.54) is 6.92 Å². The molecule has 3 aromatic carbocycles. The van der Waals surface area contributed by atoms with Gasteiger partial charge >= 0.3 is 0 Å². The third kappa shape index (κ3) is 4.13. The molecule has 2 amide bonds. The van der Waals surface area contributed by atoms with E-state index in [0.717, 1.165) is 41.9 Å². The largest absolute Gasteiger partial charge is 0.325 e. The van der Waals surface area contributed by atoms with Gasteiger partial charge in [0.15, 0.2) is 9.84 Å². The molecule has 1 aliphatic rings. The first kappa shape index (κ1) is 21.7. The number of amides is 2. The molecule has 0 saturated carbocycles. The average molecular weight is 453 g/mol. The van der Waals surface area contributed by atoms with Crippen LogP contribution < -0.4 is 10.2 Å². The van der Waals surface area contributed by atoms with Gasteiger partial charge in [-0.1, -0.05) is 18.2 Å². The summed E-state index contributed by atoms with van der Waals surface area (Å²) in [5, 5.41) is 1.18. The Labute approximate surface area is 185 Å². The third-order valence-electron chi connectivity index (χ3n) is 5.51. The van der Waals surface area contributed by atoms with Crippen LogP contribution in [0.3, 0.4) is 0 Å². The first-order valence-electron chi connectivity index (χ1n) is 10.1. The number of rotatable bonds is 5. The second-order valence-electron chi connectivity index (χ2n) is 7.54. The summed E-state index contributed by atoms with van der Waals surface area (Å²) in [5.41, 5.74) is 2.86. The second kappa shape index (κ2) is 8.55. The minimum atomic E-state index is -3.98. The number of fused-ring (bicyclic) bond motifs is 1. The first-order valence-corrected chi connectivity index (χ1v) is 11.6. The molecule has 1 N–H and O–H groups in total. The molecule has 0 aliphatic carbocycles. The summed E-state index contributed by atoms with van der Waals surface area (Å²) in [6.07, 6.45) is 0.802. The van der Waals surface area contributed by atoms with Crippen LogP contribution in [0.15, 0.2) is 77.7 Å². The van der Waals surface area contributed by atoms with Gasteiger partial charge in [-0.3, -0.25) is 9.59 Å². The summed E-state index contributed by atoms with van der Waals surface area (Å²) in [5.74, 6) is -1.42. The lowest BCUT2D eigenvalue weighted by Gasteiger charge is -2.18. The standard InChI is InChI=1S/C24H21FN2O4S/c1-16(32(30,31)21-12-8-19(25)9-13-21)23(28)26-20-10-6-18(7-11-20)24(29)27-15-14-17-4-2-3-5-22(17)27/h2-13,16H,14-15H2,1H3,(H,26,28). The van der Waals surface area contributed by atoms with Gasteiger partial charge in [-0.2, -0.15) is 0 Å². The molecule has 3 aromatic rings. The summed E-state index contributed by atoms with van der Waals surface area (Å²) in [6.45, 7) is 1.88. The van der Waals surface area contributed by atoms with Gasteiger partial charge in [0.2, 0.25) is 5.91 Å². The molecule has 1 heterocycles. The van der Waals surface area contributed by atoms with Gasteiger partial charge in [-0.05, 0) is 73.5 Å². The van der Waals surface area contributed by atoms with Gasteiger partial charge in [0.25, 0.3) is 5.91 Å². The fourth-order valence-corrected chi connectivity index (χ4v) is 4.88. The van der Waals surface area contributed by atoms with Gasteiger partial charge in [-0.15, -0.1) is 0 Å². The number of para-hydroxylation sites is 1. The highest BCUT2D eigenvalue weighted by atomic mass is 32.2. The fourth-order valence-electron chi connectivity index (χ4n) is 3.61. The van der Waals surface area contributed by atoms with Gasteiger partial charge in [-0.25, -0.2) is 12.8 Å². The normalized spacial score (nSPS) is 14.0. The number of carbonyl (C=O) groups is 2. The monoisotopic (exact) mass is 452 g/mol. The molecule has 1 atom stereocenters. The van der Waals surface area contributed by atoms with Crippen LogP contribution in [0.2, 0.25) is 0 Å². The van der Waals surface area contributed by atoms with Crippen LogP contribution >= 0.6 is 0 Å². The Morgan fingerprint density at radius 1 is 0.969 bits per heavy atom. The molecule has 0 bridgehead atoms. The number of nitrogens with one attached hydrogen (secondary N) is 1. The van der Waals surface area contributed by atoms with Gasteiger partial charge < -0.3 is 10.2 Å². The van der Waals surface area contributed by atoms with Crippen molar-refractivity contribution in [2.45, 2.75) is 23.5 Å². The summed E-state index contributed by atoms with van der Waals surface area (Å²) in [7, 11) is -3.98. The van der Waals surface area contributed by atoms with Gasteiger partial charge in [0, 0.05) is 23.5 Å². The molecule has 4 rings (SSSR count). The zero-order valence-corrected chi connectivity index (χ0v) is 18.1. The molecule has 0 aromatic heterocycles. The molecule has 0 fully saturated rings. The number of sulfone groups is 1. The summed E-state index contributed by atoms with van der Waals surface area (Å²) < 4.78 is 38.3. The Morgan fingerprint density at radius 2 is 1.62 bits per heavy atom. The smallest absolute Gasteiger partial charge is 0.258 e.